The number of fused-ring (bicyclic) bond motifs is 2. The van der Waals surface area contributed by atoms with Gasteiger partial charge in [0.05, 0.1) is 0 Å². The van der Waals surface area contributed by atoms with Crippen molar-refractivity contribution in [2.75, 3.05) is 5.32 Å². The van der Waals surface area contributed by atoms with Crippen molar-refractivity contribution < 1.29 is 19.4 Å². The van der Waals surface area contributed by atoms with E-state index >= 15 is 0 Å². The highest BCUT2D eigenvalue weighted by atomic mass is 16.6. The van der Waals surface area contributed by atoms with Gasteiger partial charge in [0, 0.05) is 16.8 Å². The van der Waals surface area contributed by atoms with Crippen molar-refractivity contribution in [3.8, 4) is 5.75 Å². The fourth-order valence-corrected chi connectivity index (χ4v) is 2.80. The highest BCUT2D eigenvalue weighted by molar-refractivity contribution is 6.15. The second-order valence-electron chi connectivity index (χ2n) is 5.14. The maximum atomic E-state index is 12.4. The second kappa shape index (κ2) is 3.93. The Kier molecular flexibility index (Phi) is 2.26. The molecule has 0 bridgehead atoms. The van der Waals surface area contributed by atoms with Gasteiger partial charge in [-0.3, -0.25) is 9.59 Å². The van der Waals surface area contributed by atoms with Gasteiger partial charge in [-0.15, -0.1) is 0 Å². The molecule has 21 heavy (non-hydrogen) atoms. The predicted octanol–water partition coefficient (Wildman–Crippen LogP) is 1.82. The van der Waals surface area contributed by atoms with E-state index in [2.05, 4.69) is 5.32 Å². The molecule has 2 N–H and O–H groups in total. The van der Waals surface area contributed by atoms with Crippen molar-refractivity contribution in [2.45, 2.75) is 11.7 Å². The zero-order valence-corrected chi connectivity index (χ0v) is 10.9. The average Bonchev–Trinajstić information content (AvgIpc) is 3.18. The van der Waals surface area contributed by atoms with E-state index in [0.717, 1.165) is 0 Å². The SMILES string of the molecule is O=C(c1ccc(O)cc1)[C@@H]1O[C@]12C(=O)Nc1ccccc12. The van der Waals surface area contributed by atoms with Crippen LogP contribution < -0.4 is 5.32 Å². The standard InChI is InChI=1S/C16H11NO4/c18-10-7-5-9(6-8-10)13(19)14-16(21-14)11-3-1-2-4-12(11)17-15(16)20/h1-8,14,18H,(H,17,20)/t14-,16-/m0/s1. The molecular formula is C16H11NO4. The van der Waals surface area contributed by atoms with Gasteiger partial charge in [-0.05, 0) is 30.3 Å². The molecule has 0 radical (unpaired) electrons. The molecule has 2 atom stereocenters. The molecule has 2 aliphatic rings. The number of para-hydroxylation sites is 1. The van der Waals surface area contributed by atoms with Gasteiger partial charge in [-0.2, -0.15) is 0 Å². The van der Waals surface area contributed by atoms with Gasteiger partial charge in [0.1, 0.15) is 5.75 Å². The number of anilines is 1. The van der Waals surface area contributed by atoms with Crippen LogP contribution in [0.1, 0.15) is 15.9 Å². The number of aromatic hydroxyl groups is 1. The predicted molar refractivity (Wildman–Crippen MR) is 74.1 cm³/mol. The number of phenolic OH excluding ortho intramolecular Hbond substituents is 1. The Morgan fingerprint density at radius 2 is 1.86 bits per heavy atom. The third kappa shape index (κ3) is 1.55. The number of ketones is 1. The molecule has 2 aromatic carbocycles. The third-order valence-electron chi connectivity index (χ3n) is 3.92. The Balaban J connectivity index is 1.70. The number of phenols is 1. The van der Waals surface area contributed by atoms with E-state index in [-0.39, 0.29) is 17.4 Å². The summed E-state index contributed by atoms with van der Waals surface area (Å²) < 4.78 is 5.53. The van der Waals surface area contributed by atoms with Crippen LogP contribution in [0.5, 0.6) is 5.75 Å². The van der Waals surface area contributed by atoms with Gasteiger partial charge in [0.25, 0.3) is 5.91 Å². The van der Waals surface area contributed by atoms with Crippen LogP contribution in [0.25, 0.3) is 0 Å². The van der Waals surface area contributed by atoms with Crippen molar-refractivity contribution in [2.24, 2.45) is 0 Å². The number of nitrogens with one attached hydrogen (secondary N) is 1. The van der Waals surface area contributed by atoms with Crippen LogP contribution in [0.2, 0.25) is 0 Å². The summed E-state index contributed by atoms with van der Waals surface area (Å²) >= 11 is 0. The quantitative estimate of drug-likeness (QED) is 0.650. The molecule has 0 unspecified atom stereocenters. The molecule has 5 nitrogen and oxygen atoms in total. The summed E-state index contributed by atoms with van der Waals surface area (Å²) in [4.78, 5) is 24.6. The summed E-state index contributed by atoms with van der Waals surface area (Å²) in [5.41, 5.74) is 0.605. The van der Waals surface area contributed by atoms with Gasteiger partial charge in [-0.1, -0.05) is 18.2 Å². The van der Waals surface area contributed by atoms with E-state index < -0.39 is 11.7 Å². The Morgan fingerprint density at radius 3 is 2.62 bits per heavy atom. The Hall–Kier alpha value is -2.66. The molecule has 1 saturated heterocycles. The molecule has 1 fully saturated rings. The van der Waals surface area contributed by atoms with Gasteiger partial charge in [-0.25, -0.2) is 0 Å². The summed E-state index contributed by atoms with van der Waals surface area (Å²) in [5, 5.41) is 12.0. The van der Waals surface area contributed by atoms with Crippen LogP contribution in [0.15, 0.2) is 48.5 Å². The zero-order chi connectivity index (χ0) is 14.6. The summed E-state index contributed by atoms with van der Waals surface area (Å²) in [7, 11) is 0. The van der Waals surface area contributed by atoms with Crippen LogP contribution in [0.3, 0.4) is 0 Å². The van der Waals surface area contributed by atoms with Crippen LogP contribution in [-0.4, -0.2) is 22.9 Å². The number of Topliss-reactive ketones (excluding diaryl/α,β-unsaturated/α-hetero) is 1. The molecule has 2 aliphatic heterocycles. The number of benzene rings is 2. The molecule has 104 valence electrons. The maximum absolute atomic E-state index is 12.4. The number of hydrogen-bond donors (Lipinski definition) is 2. The minimum Gasteiger partial charge on any atom is -0.508 e. The molecular weight excluding hydrogens is 270 g/mol. The third-order valence-corrected chi connectivity index (χ3v) is 3.92. The van der Waals surface area contributed by atoms with Crippen molar-refractivity contribution in [1.29, 1.82) is 0 Å². The number of ether oxygens (including phenoxy) is 1. The van der Waals surface area contributed by atoms with Crippen molar-refractivity contribution in [3.05, 3.63) is 59.7 Å². The van der Waals surface area contributed by atoms with E-state index in [1.54, 1.807) is 12.1 Å². The number of carbonyl (C=O) groups is 2. The molecule has 0 aromatic heterocycles. The minimum absolute atomic E-state index is 0.0851. The number of hydrogen-bond acceptors (Lipinski definition) is 4. The van der Waals surface area contributed by atoms with Crippen molar-refractivity contribution in [1.82, 2.24) is 0 Å². The van der Waals surface area contributed by atoms with Gasteiger partial charge in [0.2, 0.25) is 5.60 Å². The van der Waals surface area contributed by atoms with Crippen LogP contribution in [0.4, 0.5) is 5.69 Å². The highest BCUT2D eigenvalue weighted by Crippen LogP contribution is 2.54. The first-order chi connectivity index (χ1) is 10.1. The number of amides is 1. The molecule has 1 spiro atoms. The lowest BCUT2D eigenvalue weighted by Gasteiger charge is -2.02. The Morgan fingerprint density at radius 1 is 1.14 bits per heavy atom. The lowest BCUT2D eigenvalue weighted by Crippen LogP contribution is -2.27. The van der Waals surface area contributed by atoms with Crippen molar-refractivity contribution in [3.63, 3.8) is 0 Å². The Labute approximate surface area is 120 Å². The highest BCUT2D eigenvalue weighted by Gasteiger charge is 2.70. The maximum Gasteiger partial charge on any atom is 0.264 e. The smallest absolute Gasteiger partial charge is 0.264 e. The molecule has 0 aliphatic carbocycles. The number of epoxide rings is 1. The number of rotatable bonds is 2. The lowest BCUT2D eigenvalue weighted by molar-refractivity contribution is -0.120. The first-order valence-electron chi connectivity index (χ1n) is 6.55. The molecule has 5 heteroatoms. The summed E-state index contributed by atoms with van der Waals surface area (Å²) in [5.74, 6) is -0.482. The lowest BCUT2D eigenvalue weighted by atomic mass is 9.92. The normalized spacial score (nSPS) is 25.5. The van der Waals surface area contributed by atoms with E-state index in [0.29, 0.717) is 16.8 Å². The van der Waals surface area contributed by atoms with E-state index in [4.69, 9.17) is 4.74 Å². The molecule has 2 heterocycles. The van der Waals surface area contributed by atoms with Crippen LogP contribution in [0, 0.1) is 0 Å². The number of carbonyl (C=O) groups excluding carboxylic acids is 2. The van der Waals surface area contributed by atoms with Gasteiger partial charge >= 0.3 is 0 Å². The van der Waals surface area contributed by atoms with Crippen LogP contribution in [-0.2, 0) is 15.1 Å². The molecule has 1 amide bonds. The Bertz CT molecular complexity index is 768. The van der Waals surface area contributed by atoms with E-state index in [9.17, 15) is 14.7 Å². The first kappa shape index (κ1) is 12.1. The van der Waals surface area contributed by atoms with E-state index in [1.165, 1.54) is 24.3 Å². The summed E-state index contributed by atoms with van der Waals surface area (Å²) in [6.45, 7) is 0. The summed E-state index contributed by atoms with van der Waals surface area (Å²) in [6, 6.07) is 13.1. The zero-order valence-electron chi connectivity index (χ0n) is 10.9. The fraction of sp³-hybridized carbons (Fsp3) is 0.125. The molecule has 4 rings (SSSR count). The van der Waals surface area contributed by atoms with Gasteiger partial charge < -0.3 is 15.2 Å². The minimum atomic E-state index is -1.19. The summed E-state index contributed by atoms with van der Waals surface area (Å²) in [6.07, 6.45) is -0.814. The monoisotopic (exact) mass is 281 g/mol. The van der Waals surface area contributed by atoms with Crippen molar-refractivity contribution >= 4 is 17.4 Å². The largest absolute Gasteiger partial charge is 0.508 e. The van der Waals surface area contributed by atoms with Crippen LogP contribution >= 0.6 is 0 Å². The fourth-order valence-electron chi connectivity index (χ4n) is 2.80. The van der Waals surface area contributed by atoms with Gasteiger partial charge in [0.15, 0.2) is 11.9 Å². The average molecular weight is 281 g/mol. The molecule has 2 aromatic rings. The molecule has 0 saturated carbocycles. The first-order valence-corrected chi connectivity index (χ1v) is 6.55. The topological polar surface area (TPSA) is 78.9 Å². The van der Waals surface area contributed by atoms with E-state index in [1.807, 2.05) is 12.1 Å². The second-order valence-corrected chi connectivity index (χ2v) is 5.14.